The molecule has 0 radical (unpaired) electrons. The maximum absolute atomic E-state index is 12.8. The second-order valence-electron chi connectivity index (χ2n) is 3.30. The Labute approximate surface area is 101 Å². The van der Waals surface area contributed by atoms with Gasteiger partial charge in [0.2, 0.25) is 0 Å². The first-order chi connectivity index (χ1) is 7.69. The Morgan fingerprint density at radius 3 is 2.88 bits per heavy atom. The molecule has 84 valence electrons. The van der Waals surface area contributed by atoms with Gasteiger partial charge in [-0.15, -0.1) is 11.3 Å². The summed E-state index contributed by atoms with van der Waals surface area (Å²) in [7, 11) is 0. The Morgan fingerprint density at radius 2 is 2.25 bits per heavy atom. The predicted molar refractivity (Wildman–Crippen MR) is 62.3 cm³/mol. The maximum atomic E-state index is 12.8. The van der Waals surface area contributed by atoms with Crippen LogP contribution >= 0.6 is 22.9 Å². The molecule has 1 N–H and O–H groups in total. The SMILES string of the molecule is OCc1csc(Cc2ccc(F)cc2Cl)n1. The van der Waals surface area contributed by atoms with Gasteiger partial charge in [0.15, 0.2) is 0 Å². The molecule has 0 unspecified atom stereocenters. The summed E-state index contributed by atoms with van der Waals surface area (Å²) in [6, 6.07) is 4.32. The molecule has 0 saturated heterocycles. The molecule has 0 amide bonds. The van der Waals surface area contributed by atoms with Gasteiger partial charge in [-0.25, -0.2) is 9.37 Å². The molecule has 0 fully saturated rings. The van der Waals surface area contributed by atoms with Gasteiger partial charge < -0.3 is 5.11 Å². The van der Waals surface area contributed by atoms with E-state index in [-0.39, 0.29) is 12.4 Å². The number of nitrogens with zero attached hydrogens (tertiary/aromatic N) is 1. The van der Waals surface area contributed by atoms with Crippen molar-refractivity contribution in [1.82, 2.24) is 4.98 Å². The zero-order valence-corrected chi connectivity index (χ0v) is 9.85. The highest BCUT2D eigenvalue weighted by atomic mass is 35.5. The van der Waals surface area contributed by atoms with Crippen LogP contribution in [0.5, 0.6) is 0 Å². The highest BCUT2D eigenvalue weighted by Gasteiger charge is 2.06. The molecule has 2 nitrogen and oxygen atoms in total. The van der Waals surface area contributed by atoms with Gasteiger partial charge in [0, 0.05) is 16.8 Å². The summed E-state index contributed by atoms with van der Waals surface area (Å²) in [5.74, 6) is -0.344. The molecule has 1 aromatic heterocycles. The summed E-state index contributed by atoms with van der Waals surface area (Å²) in [6.45, 7) is -0.0619. The van der Waals surface area contributed by atoms with Crippen molar-refractivity contribution in [3.05, 3.63) is 50.7 Å². The molecule has 16 heavy (non-hydrogen) atoms. The first-order valence-corrected chi connectivity index (χ1v) is 5.93. The normalized spacial score (nSPS) is 10.7. The lowest BCUT2D eigenvalue weighted by Gasteiger charge is -2.01. The van der Waals surface area contributed by atoms with Crippen molar-refractivity contribution in [1.29, 1.82) is 0 Å². The van der Waals surface area contributed by atoms with Crippen LogP contribution in [0, 0.1) is 5.82 Å². The van der Waals surface area contributed by atoms with Crippen LogP contribution < -0.4 is 0 Å². The molecule has 0 saturated carbocycles. The third-order valence-corrected chi connectivity index (χ3v) is 3.37. The van der Waals surface area contributed by atoms with Crippen molar-refractivity contribution in [2.75, 3.05) is 0 Å². The summed E-state index contributed by atoms with van der Waals surface area (Å²) in [5.41, 5.74) is 1.49. The Bertz CT molecular complexity index is 500. The van der Waals surface area contributed by atoms with Crippen LogP contribution in [0.25, 0.3) is 0 Å². The van der Waals surface area contributed by atoms with Gasteiger partial charge in [0.05, 0.1) is 17.3 Å². The summed E-state index contributed by atoms with van der Waals surface area (Å²) in [4.78, 5) is 4.20. The monoisotopic (exact) mass is 257 g/mol. The molecular formula is C11H9ClFNOS. The molecule has 0 spiro atoms. The van der Waals surface area contributed by atoms with E-state index in [1.165, 1.54) is 23.5 Å². The minimum absolute atomic E-state index is 0.0619. The molecule has 2 aromatic rings. The van der Waals surface area contributed by atoms with Gasteiger partial charge in [0.25, 0.3) is 0 Å². The fraction of sp³-hybridized carbons (Fsp3) is 0.182. The zero-order chi connectivity index (χ0) is 11.5. The van der Waals surface area contributed by atoms with Gasteiger partial charge >= 0.3 is 0 Å². The van der Waals surface area contributed by atoms with Crippen molar-refractivity contribution < 1.29 is 9.50 Å². The highest BCUT2D eigenvalue weighted by Crippen LogP contribution is 2.22. The second-order valence-corrected chi connectivity index (χ2v) is 4.65. The molecule has 2 rings (SSSR count). The molecule has 1 heterocycles. The van der Waals surface area contributed by atoms with Crippen LogP contribution in [-0.2, 0) is 13.0 Å². The molecule has 0 aliphatic carbocycles. The number of halogens is 2. The quantitative estimate of drug-likeness (QED) is 0.917. The van der Waals surface area contributed by atoms with Gasteiger partial charge in [-0.1, -0.05) is 17.7 Å². The lowest BCUT2D eigenvalue weighted by atomic mass is 10.1. The van der Waals surface area contributed by atoms with E-state index >= 15 is 0 Å². The molecule has 1 aromatic carbocycles. The predicted octanol–water partition coefficient (Wildman–Crippen LogP) is 3.02. The maximum Gasteiger partial charge on any atom is 0.124 e. The lowest BCUT2D eigenvalue weighted by molar-refractivity contribution is 0.277. The smallest absolute Gasteiger partial charge is 0.124 e. The van der Waals surface area contributed by atoms with Crippen LogP contribution in [0.15, 0.2) is 23.6 Å². The molecule has 0 aliphatic rings. The number of hydrogen-bond donors (Lipinski definition) is 1. The van der Waals surface area contributed by atoms with Crippen LogP contribution in [0.2, 0.25) is 5.02 Å². The highest BCUT2D eigenvalue weighted by molar-refractivity contribution is 7.09. The molecule has 0 aliphatic heterocycles. The zero-order valence-electron chi connectivity index (χ0n) is 8.28. The third-order valence-electron chi connectivity index (χ3n) is 2.12. The molecule has 0 atom stereocenters. The van der Waals surface area contributed by atoms with Crippen molar-refractivity contribution in [2.45, 2.75) is 13.0 Å². The van der Waals surface area contributed by atoms with E-state index in [2.05, 4.69) is 4.98 Å². The minimum atomic E-state index is -0.344. The van der Waals surface area contributed by atoms with Crippen molar-refractivity contribution >= 4 is 22.9 Å². The van der Waals surface area contributed by atoms with Crippen molar-refractivity contribution in [3.63, 3.8) is 0 Å². The summed E-state index contributed by atoms with van der Waals surface area (Å²) in [5, 5.41) is 11.9. The van der Waals surface area contributed by atoms with Gasteiger partial charge in [-0.3, -0.25) is 0 Å². The largest absolute Gasteiger partial charge is 0.390 e. The number of rotatable bonds is 3. The van der Waals surface area contributed by atoms with E-state index in [1.54, 1.807) is 11.4 Å². The number of hydrogen-bond acceptors (Lipinski definition) is 3. The fourth-order valence-corrected chi connectivity index (χ4v) is 2.37. The van der Waals surface area contributed by atoms with E-state index in [0.717, 1.165) is 10.6 Å². The van der Waals surface area contributed by atoms with Crippen LogP contribution in [-0.4, -0.2) is 10.1 Å². The Hall–Kier alpha value is -0.970. The fourth-order valence-electron chi connectivity index (χ4n) is 1.33. The standard InChI is InChI=1S/C11H9ClFNOS/c12-10-4-8(13)2-1-7(10)3-11-14-9(5-15)6-16-11/h1-2,4,6,15H,3,5H2. The lowest BCUT2D eigenvalue weighted by Crippen LogP contribution is -1.91. The Kier molecular flexibility index (Phi) is 3.53. The van der Waals surface area contributed by atoms with E-state index in [9.17, 15) is 4.39 Å². The average molecular weight is 258 g/mol. The molecular weight excluding hydrogens is 249 g/mol. The summed E-state index contributed by atoms with van der Waals surface area (Å²) >= 11 is 7.37. The van der Waals surface area contributed by atoms with Gasteiger partial charge in [-0.2, -0.15) is 0 Å². The number of aromatic nitrogens is 1. The number of aliphatic hydroxyl groups excluding tert-OH is 1. The average Bonchev–Trinajstić information content (AvgIpc) is 2.70. The van der Waals surface area contributed by atoms with Crippen LogP contribution in [0.1, 0.15) is 16.3 Å². The van der Waals surface area contributed by atoms with E-state index < -0.39 is 0 Å². The topological polar surface area (TPSA) is 33.1 Å². The van der Waals surface area contributed by atoms with E-state index in [1.807, 2.05) is 0 Å². The van der Waals surface area contributed by atoms with Gasteiger partial charge in [-0.05, 0) is 17.7 Å². The molecule has 0 bridgehead atoms. The first kappa shape index (κ1) is 11.5. The number of benzene rings is 1. The Morgan fingerprint density at radius 1 is 1.44 bits per heavy atom. The van der Waals surface area contributed by atoms with Crippen molar-refractivity contribution in [2.24, 2.45) is 0 Å². The minimum Gasteiger partial charge on any atom is -0.390 e. The third kappa shape index (κ3) is 2.58. The Balaban J connectivity index is 2.20. The van der Waals surface area contributed by atoms with Crippen LogP contribution in [0.4, 0.5) is 4.39 Å². The first-order valence-electron chi connectivity index (χ1n) is 4.67. The number of thiazole rings is 1. The van der Waals surface area contributed by atoms with E-state index in [4.69, 9.17) is 16.7 Å². The summed E-state index contributed by atoms with van der Waals surface area (Å²) in [6.07, 6.45) is 0.559. The molecule has 5 heteroatoms. The van der Waals surface area contributed by atoms with Gasteiger partial charge in [0.1, 0.15) is 5.82 Å². The number of aliphatic hydroxyl groups is 1. The summed E-state index contributed by atoms with van der Waals surface area (Å²) < 4.78 is 12.8. The van der Waals surface area contributed by atoms with Crippen molar-refractivity contribution in [3.8, 4) is 0 Å². The van der Waals surface area contributed by atoms with E-state index in [0.29, 0.717) is 17.1 Å². The van der Waals surface area contributed by atoms with Crippen LogP contribution in [0.3, 0.4) is 0 Å². The second kappa shape index (κ2) is 4.91.